The van der Waals surface area contributed by atoms with Gasteiger partial charge in [-0.1, -0.05) is 42.5 Å². The number of alkyl carbamates (subject to hydrolysis) is 1. The van der Waals surface area contributed by atoms with Gasteiger partial charge in [0.2, 0.25) is 16.8 Å². The van der Waals surface area contributed by atoms with Crippen LogP contribution in [0.5, 0.6) is 0 Å². The molecule has 1 aliphatic rings. The van der Waals surface area contributed by atoms with Gasteiger partial charge in [0.25, 0.3) is 0 Å². The van der Waals surface area contributed by atoms with Gasteiger partial charge in [0.15, 0.2) is 0 Å². The summed E-state index contributed by atoms with van der Waals surface area (Å²) in [5, 5.41) is 6.59. The minimum absolute atomic E-state index is 0.302. The Morgan fingerprint density at radius 2 is 1.68 bits per heavy atom. The molecule has 4 rings (SSSR count). The molecule has 0 bridgehead atoms. The van der Waals surface area contributed by atoms with Crippen molar-refractivity contribution < 1.29 is 22.7 Å². The van der Waals surface area contributed by atoms with E-state index in [1.54, 1.807) is 23.5 Å². The Hall–Kier alpha value is -3.44. The van der Waals surface area contributed by atoms with Gasteiger partial charge in [-0.05, 0) is 55.4 Å². The normalized spacial score (nSPS) is 14.3. The number of nitrogens with one attached hydrogen (secondary N) is 3. The topological polar surface area (TPSA) is 126 Å². The van der Waals surface area contributed by atoms with E-state index in [1.807, 2.05) is 42.5 Å². The van der Waals surface area contributed by atoms with Crippen molar-refractivity contribution in [1.82, 2.24) is 15.6 Å². The Bertz CT molecular complexity index is 1260. The summed E-state index contributed by atoms with van der Waals surface area (Å²) in [5.41, 5.74) is 3.37. The predicted octanol–water partition coefficient (Wildman–Crippen LogP) is 3.33. The summed E-state index contributed by atoms with van der Waals surface area (Å²) in [6, 6.07) is 15.2. The largest absolute Gasteiger partial charge is 0.453 e. The average molecular weight is 543 g/mol. The molecule has 0 radical (unpaired) electrons. The molecule has 0 spiro atoms. The number of amides is 2. The summed E-state index contributed by atoms with van der Waals surface area (Å²) in [5.74, 6) is -0.339. The first-order valence-electron chi connectivity index (χ1n) is 12.1. The van der Waals surface area contributed by atoms with Crippen molar-refractivity contribution in [1.29, 1.82) is 0 Å². The standard InChI is InChI=1S/C26H30N4O5S2/c1-35-26(32)29-21(15-17-7-3-2-4-8-17)24(31)27-22(25-28-20-9-5-6-10-23(20)36-25)16-18-11-13-19(14-12-18)30-37(33)34/h2-4,7-8,11-14,21-22,37H,5-6,9-10,15-16H2,1H3,(H,27,31)(H,29,32)(H,30,33,34)/t21-,22-/m0/s1. The van der Waals surface area contributed by atoms with E-state index in [-0.39, 0.29) is 5.91 Å². The van der Waals surface area contributed by atoms with Crippen molar-refractivity contribution in [3.8, 4) is 0 Å². The van der Waals surface area contributed by atoms with Crippen LogP contribution in [-0.2, 0) is 46.1 Å². The fourth-order valence-electron chi connectivity index (χ4n) is 4.31. The number of aromatic nitrogens is 1. The van der Waals surface area contributed by atoms with Gasteiger partial charge in [0.1, 0.15) is 11.0 Å². The van der Waals surface area contributed by atoms with E-state index in [1.165, 1.54) is 12.0 Å². The van der Waals surface area contributed by atoms with Crippen molar-refractivity contribution >= 4 is 39.9 Å². The molecule has 1 aliphatic carbocycles. The molecule has 0 saturated heterocycles. The van der Waals surface area contributed by atoms with E-state index >= 15 is 0 Å². The molecule has 2 amide bonds. The summed E-state index contributed by atoms with van der Waals surface area (Å²) >= 11 is 1.62. The lowest BCUT2D eigenvalue weighted by molar-refractivity contribution is -0.123. The van der Waals surface area contributed by atoms with Crippen LogP contribution >= 0.6 is 11.3 Å². The highest BCUT2D eigenvalue weighted by atomic mass is 32.2. The number of carbonyl (C=O) groups is 2. The van der Waals surface area contributed by atoms with Gasteiger partial charge in [-0.2, -0.15) is 0 Å². The molecular weight excluding hydrogens is 512 g/mol. The van der Waals surface area contributed by atoms with Crippen LogP contribution < -0.4 is 15.4 Å². The van der Waals surface area contributed by atoms with Crippen LogP contribution in [0.4, 0.5) is 10.5 Å². The molecule has 3 aromatic rings. The summed E-state index contributed by atoms with van der Waals surface area (Å²) in [6.45, 7) is 0. The summed E-state index contributed by atoms with van der Waals surface area (Å²) < 4.78 is 29.0. The molecule has 2 aromatic carbocycles. The molecule has 1 heterocycles. The Morgan fingerprint density at radius 1 is 0.973 bits per heavy atom. The number of ether oxygens (including phenoxy) is 1. The molecule has 0 unspecified atom stereocenters. The van der Waals surface area contributed by atoms with Crippen molar-refractivity contribution in [2.45, 2.75) is 50.6 Å². The van der Waals surface area contributed by atoms with E-state index in [0.29, 0.717) is 18.5 Å². The van der Waals surface area contributed by atoms with E-state index in [4.69, 9.17) is 9.72 Å². The lowest BCUT2D eigenvalue weighted by atomic mass is 10.0. The van der Waals surface area contributed by atoms with Crippen LogP contribution in [-0.4, -0.2) is 38.6 Å². The summed E-state index contributed by atoms with van der Waals surface area (Å²) in [6.07, 6.45) is 4.23. The molecule has 9 nitrogen and oxygen atoms in total. The Morgan fingerprint density at radius 3 is 2.35 bits per heavy atom. The first-order chi connectivity index (χ1) is 17.9. The Kier molecular flexibility index (Phi) is 9.13. The van der Waals surface area contributed by atoms with Gasteiger partial charge in [-0.25, -0.2) is 18.2 Å². The molecule has 0 fully saturated rings. The molecular formula is C26H30N4O5S2. The van der Waals surface area contributed by atoms with E-state index in [0.717, 1.165) is 47.5 Å². The number of fused-ring (bicyclic) bond motifs is 1. The minimum atomic E-state index is -2.75. The maximum absolute atomic E-state index is 13.5. The second-order valence-corrected chi connectivity index (χ2v) is 10.7. The maximum atomic E-state index is 13.5. The third-order valence-electron chi connectivity index (χ3n) is 6.17. The lowest BCUT2D eigenvalue weighted by Crippen LogP contribution is -2.49. The third kappa shape index (κ3) is 7.53. The fourth-order valence-corrected chi connectivity index (χ4v) is 5.87. The number of thiazole rings is 1. The monoisotopic (exact) mass is 542 g/mol. The number of carbonyl (C=O) groups excluding carboxylic acids is 2. The average Bonchev–Trinajstić information content (AvgIpc) is 3.33. The van der Waals surface area contributed by atoms with Gasteiger partial charge in [0, 0.05) is 17.0 Å². The maximum Gasteiger partial charge on any atom is 0.407 e. The SMILES string of the molecule is COC(=O)N[C@@H](Cc1ccccc1)C(=O)N[C@@H](Cc1ccc(N[SH](=O)=O)cc1)c1nc2c(s1)CCCC2. The molecule has 1 aromatic heterocycles. The highest BCUT2D eigenvalue weighted by Crippen LogP contribution is 2.31. The van der Waals surface area contributed by atoms with Crippen LogP contribution in [0.2, 0.25) is 0 Å². The highest BCUT2D eigenvalue weighted by molar-refractivity contribution is 7.73. The van der Waals surface area contributed by atoms with Crippen molar-refractivity contribution in [2.75, 3.05) is 11.8 Å². The highest BCUT2D eigenvalue weighted by Gasteiger charge is 2.28. The third-order valence-corrected chi connectivity index (χ3v) is 7.88. The van der Waals surface area contributed by atoms with Crippen molar-refractivity contribution in [3.63, 3.8) is 0 Å². The minimum Gasteiger partial charge on any atom is -0.453 e. The number of hydrogen-bond donors (Lipinski definition) is 4. The number of anilines is 1. The first-order valence-corrected chi connectivity index (χ1v) is 14.1. The molecule has 37 heavy (non-hydrogen) atoms. The van der Waals surface area contributed by atoms with Crippen molar-refractivity contribution in [2.24, 2.45) is 0 Å². The van der Waals surface area contributed by atoms with Crippen LogP contribution in [0.3, 0.4) is 0 Å². The Balaban J connectivity index is 1.58. The summed E-state index contributed by atoms with van der Waals surface area (Å²) in [7, 11) is -1.49. The van der Waals surface area contributed by atoms with Gasteiger partial charge in [-0.3, -0.25) is 9.52 Å². The quantitative estimate of drug-likeness (QED) is 0.291. The second kappa shape index (κ2) is 12.7. The van der Waals surface area contributed by atoms with Gasteiger partial charge in [0.05, 0.1) is 18.8 Å². The van der Waals surface area contributed by atoms with E-state index in [9.17, 15) is 18.0 Å². The fraction of sp³-hybridized carbons (Fsp3) is 0.346. The van der Waals surface area contributed by atoms with Gasteiger partial charge in [-0.15, -0.1) is 11.3 Å². The van der Waals surface area contributed by atoms with E-state index in [2.05, 4.69) is 15.4 Å². The number of thiol groups is 1. The molecule has 0 saturated carbocycles. The van der Waals surface area contributed by atoms with Crippen LogP contribution in [0.1, 0.15) is 45.6 Å². The van der Waals surface area contributed by atoms with Crippen LogP contribution in [0.15, 0.2) is 54.6 Å². The molecule has 196 valence electrons. The van der Waals surface area contributed by atoms with E-state index < -0.39 is 29.1 Å². The molecule has 3 N–H and O–H groups in total. The zero-order chi connectivity index (χ0) is 26.2. The molecule has 11 heteroatoms. The smallest absolute Gasteiger partial charge is 0.407 e. The number of aryl methyl sites for hydroxylation is 2. The predicted molar refractivity (Wildman–Crippen MR) is 143 cm³/mol. The molecule has 2 atom stereocenters. The van der Waals surface area contributed by atoms with Gasteiger partial charge >= 0.3 is 6.09 Å². The van der Waals surface area contributed by atoms with Crippen molar-refractivity contribution in [3.05, 3.63) is 81.3 Å². The van der Waals surface area contributed by atoms with Gasteiger partial charge < -0.3 is 15.4 Å². The zero-order valence-electron chi connectivity index (χ0n) is 20.4. The van der Waals surface area contributed by atoms with Crippen LogP contribution in [0, 0.1) is 0 Å². The number of hydrogen-bond acceptors (Lipinski definition) is 7. The number of benzene rings is 2. The lowest BCUT2D eigenvalue weighted by Gasteiger charge is -2.22. The summed E-state index contributed by atoms with van der Waals surface area (Å²) in [4.78, 5) is 31.7. The second-order valence-electron chi connectivity index (χ2n) is 8.84. The number of methoxy groups -OCH3 is 1. The van der Waals surface area contributed by atoms with Crippen LogP contribution in [0.25, 0.3) is 0 Å². The number of nitrogens with zero attached hydrogens (tertiary/aromatic N) is 1. The zero-order valence-corrected chi connectivity index (χ0v) is 22.1. The number of rotatable bonds is 10. The molecule has 0 aliphatic heterocycles. The first kappa shape index (κ1) is 26.6. The Labute approximate surface area is 221 Å².